The van der Waals surface area contributed by atoms with Crippen molar-refractivity contribution < 1.29 is 0 Å². The Balaban J connectivity index is 1.51. The van der Waals surface area contributed by atoms with Crippen LogP contribution in [-0.4, -0.2) is 27.8 Å². The van der Waals surface area contributed by atoms with Crippen LogP contribution in [0.2, 0.25) is 5.02 Å². The topological polar surface area (TPSA) is 36.3 Å². The molecule has 0 aliphatic carbocycles. The number of hydrogen-bond acceptors (Lipinski definition) is 3. The van der Waals surface area contributed by atoms with E-state index in [0.717, 1.165) is 41.1 Å². The molecule has 5 nitrogen and oxygen atoms in total. The number of aromatic nitrogens is 2. The lowest BCUT2D eigenvalue weighted by atomic mass is 9.98. The Bertz CT molecular complexity index is 1110. The fourth-order valence-corrected chi connectivity index (χ4v) is 5.46. The van der Waals surface area contributed by atoms with Gasteiger partial charge in [-0.3, -0.25) is 4.98 Å². The molecule has 32 heavy (non-hydrogen) atoms. The number of piperidine rings is 1. The van der Waals surface area contributed by atoms with Crippen LogP contribution in [0, 0.1) is 5.92 Å². The van der Waals surface area contributed by atoms with Crippen LogP contribution in [0.5, 0.6) is 0 Å². The molecule has 0 radical (unpaired) electrons. The molecule has 0 saturated carbocycles. The summed E-state index contributed by atoms with van der Waals surface area (Å²) in [6.45, 7) is 4.43. The fourth-order valence-electron chi connectivity index (χ4n) is 4.82. The summed E-state index contributed by atoms with van der Waals surface area (Å²) in [5, 5.41) is 4.97. The molecule has 0 unspecified atom stereocenters. The smallest absolute Gasteiger partial charge is 0.174 e. The van der Waals surface area contributed by atoms with Crippen LogP contribution in [0.3, 0.4) is 0 Å². The van der Waals surface area contributed by atoms with Gasteiger partial charge in [0, 0.05) is 44.4 Å². The molecule has 2 saturated heterocycles. The van der Waals surface area contributed by atoms with E-state index in [1.165, 1.54) is 18.4 Å². The first-order chi connectivity index (χ1) is 15.5. The van der Waals surface area contributed by atoms with Gasteiger partial charge in [0.05, 0.1) is 28.5 Å². The summed E-state index contributed by atoms with van der Waals surface area (Å²) in [4.78, 5) is 9.20. The number of rotatable bonds is 4. The predicted octanol–water partition coefficient (Wildman–Crippen LogP) is 5.49. The zero-order valence-electron chi connectivity index (χ0n) is 18.4. The Kier molecular flexibility index (Phi) is 5.82. The first-order valence-corrected chi connectivity index (χ1v) is 12.0. The number of hydrogen-bond donors (Lipinski definition) is 1. The summed E-state index contributed by atoms with van der Waals surface area (Å²) in [5.74, 6) is 0.785. The lowest BCUT2D eigenvalue weighted by Gasteiger charge is -2.33. The molecule has 166 valence electrons. The minimum absolute atomic E-state index is 0.0173. The number of benzene rings is 1. The molecule has 0 spiro atoms. The average molecular weight is 466 g/mol. The van der Waals surface area contributed by atoms with Crippen molar-refractivity contribution in [2.24, 2.45) is 13.0 Å². The Morgan fingerprint density at radius 2 is 1.94 bits per heavy atom. The van der Waals surface area contributed by atoms with Crippen LogP contribution < -0.4 is 15.1 Å². The lowest BCUT2D eigenvalue weighted by molar-refractivity contribution is 0.438. The number of pyridine rings is 1. The van der Waals surface area contributed by atoms with E-state index in [0.29, 0.717) is 5.11 Å². The molecule has 2 aliphatic heterocycles. The van der Waals surface area contributed by atoms with Gasteiger partial charge in [-0.1, -0.05) is 24.6 Å². The van der Waals surface area contributed by atoms with Crippen LogP contribution in [-0.2, 0) is 7.05 Å². The summed E-state index contributed by atoms with van der Waals surface area (Å²) in [7, 11) is 2.04. The molecule has 2 aromatic heterocycles. The third kappa shape index (κ3) is 3.97. The number of anilines is 2. The third-order valence-corrected chi connectivity index (χ3v) is 7.25. The van der Waals surface area contributed by atoms with E-state index in [-0.39, 0.29) is 12.1 Å². The number of nitrogens with one attached hydrogen (secondary N) is 1. The quantitative estimate of drug-likeness (QED) is 0.516. The second kappa shape index (κ2) is 8.75. The van der Waals surface area contributed by atoms with E-state index < -0.39 is 0 Å². The van der Waals surface area contributed by atoms with Crippen LogP contribution in [0.4, 0.5) is 11.4 Å². The van der Waals surface area contributed by atoms with Gasteiger partial charge in [-0.15, -0.1) is 0 Å². The lowest BCUT2D eigenvalue weighted by Crippen LogP contribution is -2.33. The minimum Gasteiger partial charge on any atom is -0.370 e. The molecule has 0 bridgehead atoms. The first-order valence-electron chi connectivity index (χ1n) is 11.2. The van der Waals surface area contributed by atoms with Crippen LogP contribution in [0.1, 0.15) is 43.1 Å². The molecule has 1 aromatic carbocycles. The van der Waals surface area contributed by atoms with E-state index in [1.54, 1.807) is 0 Å². The summed E-state index contributed by atoms with van der Waals surface area (Å²) < 4.78 is 2.07. The van der Waals surface area contributed by atoms with Gasteiger partial charge in [0.1, 0.15) is 0 Å². The van der Waals surface area contributed by atoms with Crippen LogP contribution >= 0.6 is 23.8 Å². The molecule has 5 rings (SSSR count). The van der Waals surface area contributed by atoms with Crippen LogP contribution in [0.25, 0.3) is 0 Å². The van der Waals surface area contributed by atoms with Crippen molar-refractivity contribution in [2.75, 3.05) is 22.9 Å². The standard InChI is InChI=1S/C25H28ClN5S/c1-17-8-13-30(14-9-17)22-7-6-19(15-20(22)26)31-24(18-10-12-29(2)16-18)23(28-25(31)32)21-5-3-4-11-27-21/h3-7,10-12,15-17,23-24H,8-9,13-14H2,1-2H3,(H,28,32)/t23-,24-/m1/s1. The van der Waals surface area contributed by atoms with E-state index in [9.17, 15) is 0 Å². The summed E-state index contributed by atoms with van der Waals surface area (Å²) >= 11 is 12.7. The van der Waals surface area contributed by atoms with Gasteiger partial charge in [0.25, 0.3) is 0 Å². The first kappa shape index (κ1) is 21.3. The van der Waals surface area contributed by atoms with Crippen molar-refractivity contribution in [3.8, 4) is 0 Å². The van der Waals surface area contributed by atoms with Crippen molar-refractivity contribution in [1.82, 2.24) is 14.9 Å². The van der Waals surface area contributed by atoms with Crippen molar-refractivity contribution in [3.63, 3.8) is 0 Å². The molecule has 4 heterocycles. The number of thiocarbonyl (C=S) groups is 1. The minimum atomic E-state index is -0.0480. The van der Waals surface area contributed by atoms with Crippen molar-refractivity contribution >= 4 is 40.3 Å². The largest absolute Gasteiger partial charge is 0.370 e. The van der Waals surface area contributed by atoms with E-state index in [4.69, 9.17) is 23.8 Å². The van der Waals surface area contributed by atoms with E-state index in [1.807, 2.05) is 31.4 Å². The highest BCUT2D eigenvalue weighted by Gasteiger charge is 2.41. The zero-order valence-corrected chi connectivity index (χ0v) is 20.0. The number of halogens is 1. The van der Waals surface area contributed by atoms with Gasteiger partial charge in [0.2, 0.25) is 0 Å². The highest BCUT2D eigenvalue weighted by atomic mass is 35.5. The second-order valence-corrected chi connectivity index (χ2v) is 9.71. The van der Waals surface area contributed by atoms with Gasteiger partial charge >= 0.3 is 0 Å². The molecule has 7 heteroatoms. The Labute approximate surface area is 200 Å². The summed E-state index contributed by atoms with van der Waals surface area (Å²) in [6, 6.07) is 14.4. The van der Waals surface area contributed by atoms with E-state index in [2.05, 4.69) is 68.3 Å². The Morgan fingerprint density at radius 1 is 1.12 bits per heavy atom. The molecule has 3 aromatic rings. The molecule has 2 atom stereocenters. The third-order valence-electron chi connectivity index (χ3n) is 6.63. The maximum Gasteiger partial charge on any atom is 0.174 e. The van der Waals surface area contributed by atoms with Gasteiger partial charge in [0.15, 0.2) is 5.11 Å². The molecule has 2 aliphatic rings. The summed E-state index contributed by atoms with van der Waals surface area (Å²) in [6.07, 6.45) is 8.46. The Hall–Kier alpha value is -2.57. The van der Waals surface area contributed by atoms with Crippen molar-refractivity contribution in [3.05, 3.63) is 77.3 Å². The SMILES string of the molecule is CC1CCN(c2ccc(N3C(=S)N[C@H](c4ccccn4)[C@H]3c3ccn(C)c3)cc2Cl)CC1. The average Bonchev–Trinajstić information content (AvgIpc) is 3.38. The van der Waals surface area contributed by atoms with Gasteiger partial charge < -0.3 is 19.7 Å². The van der Waals surface area contributed by atoms with E-state index >= 15 is 0 Å². The molecule has 2 fully saturated rings. The maximum absolute atomic E-state index is 6.83. The Morgan fingerprint density at radius 3 is 2.59 bits per heavy atom. The molecular formula is C25H28ClN5S. The number of nitrogens with zero attached hydrogens (tertiary/aromatic N) is 4. The van der Waals surface area contributed by atoms with Gasteiger partial charge in [-0.25, -0.2) is 0 Å². The van der Waals surface area contributed by atoms with Crippen LogP contribution in [0.15, 0.2) is 61.1 Å². The highest BCUT2D eigenvalue weighted by Crippen LogP contribution is 2.43. The molecule has 1 N–H and O–H groups in total. The van der Waals surface area contributed by atoms with Crippen molar-refractivity contribution in [1.29, 1.82) is 0 Å². The highest BCUT2D eigenvalue weighted by molar-refractivity contribution is 7.80. The maximum atomic E-state index is 6.83. The van der Waals surface area contributed by atoms with Gasteiger partial charge in [-0.2, -0.15) is 0 Å². The molecular weight excluding hydrogens is 438 g/mol. The van der Waals surface area contributed by atoms with Crippen molar-refractivity contribution in [2.45, 2.75) is 31.8 Å². The second-order valence-electron chi connectivity index (χ2n) is 8.91. The predicted molar refractivity (Wildman–Crippen MR) is 135 cm³/mol. The molecule has 0 amide bonds. The zero-order chi connectivity index (χ0) is 22.2. The summed E-state index contributed by atoms with van der Waals surface area (Å²) in [5.41, 5.74) is 4.25. The fraction of sp³-hybridized carbons (Fsp3) is 0.360. The monoisotopic (exact) mass is 465 g/mol. The number of aryl methyl sites for hydroxylation is 1. The normalized spacial score (nSPS) is 21.8. The van der Waals surface area contributed by atoms with Gasteiger partial charge in [-0.05, 0) is 72.9 Å².